The Bertz CT molecular complexity index is 762. The molecule has 6 nitrogen and oxygen atoms in total. The summed E-state index contributed by atoms with van der Waals surface area (Å²) in [5.41, 5.74) is 8.27. The lowest BCUT2D eigenvalue weighted by atomic mass is 10.1. The fraction of sp³-hybridized carbons (Fsp3) is 0. The van der Waals surface area contributed by atoms with Gasteiger partial charge in [-0.2, -0.15) is 4.98 Å². The van der Waals surface area contributed by atoms with Gasteiger partial charge in [0, 0.05) is 11.8 Å². The van der Waals surface area contributed by atoms with E-state index in [-0.39, 0.29) is 11.5 Å². The van der Waals surface area contributed by atoms with E-state index in [2.05, 4.69) is 10.1 Å². The fourth-order valence-electron chi connectivity index (χ4n) is 1.88. The summed E-state index contributed by atoms with van der Waals surface area (Å²) in [6.45, 7) is 0. The van der Waals surface area contributed by atoms with Crippen LogP contribution >= 0.6 is 0 Å². The standard InChI is InChI=1S/C13H10N4O2/c14-13-15-11-6-5-10(7-17(11)16-13)8-1-3-9(4-2-8)12(18)19/h1-7H,(H2,14,16)(H,18,19). The van der Waals surface area contributed by atoms with Gasteiger partial charge in [-0.25, -0.2) is 9.31 Å². The molecule has 0 amide bonds. The van der Waals surface area contributed by atoms with Gasteiger partial charge in [0.15, 0.2) is 5.65 Å². The fourth-order valence-corrected chi connectivity index (χ4v) is 1.88. The van der Waals surface area contributed by atoms with E-state index in [4.69, 9.17) is 10.8 Å². The number of aromatic nitrogens is 3. The molecule has 2 aromatic heterocycles. The van der Waals surface area contributed by atoms with E-state index >= 15 is 0 Å². The number of nitrogens with zero attached hydrogens (tertiary/aromatic N) is 3. The molecule has 0 radical (unpaired) electrons. The molecule has 0 fully saturated rings. The maximum atomic E-state index is 10.8. The van der Waals surface area contributed by atoms with Crippen LogP contribution in [0.3, 0.4) is 0 Å². The van der Waals surface area contributed by atoms with Crippen LogP contribution < -0.4 is 5.73 Å². The van der Waals surface area contributed by atoms with Gasteiger partial charge in [0.2, 0.25) is 5.95 Å². The van der Waals surface area contributed by atoms with Crippen molar-refractivity contribution in [3.63, 3.8) is 0 Å². The van der Waals surface area contributed by atoms with Crippen molar-refractivity contribution in [2.75, 3.05) is 5.73 Å². The molecule has 0 saturated heterocycles. The van der Waals surface area contributed by atoms with Crippen LogP contribution in [0.2, 0.25) is 0 Å². The molecule has 0 bridgehead atoms. The minimum absolute atomic E-state index is 0.221. The summed E-state index contributed by atoms with van der Waals surface area (Å²) in [5, 5.41) is 12.9. The second kappa shape index (κ2) is 4.09. The van der Waals surface area contributed by atoms with Gasteiger partial charge in [0.05, 0.1) is 5.56 Å². The van der Waals surface area contributed by atoms with Crippen molar-refractivity contribution < 1.29 is 9.90 Å². The summed E-state index contributed by atoms with van der Waals surface area (Å²) in [6, 6.07) is 10.3. The molecule has 0 unspecified atom stereocenters. The zero-order valence-electron chi connectivity index (χ0n) is 9.82. The molecule has 94 valence electrons. The second-order valence-corrected chi connectivity index (χ2v) is 4.07. The van der Waals surface area contributed by atoms with Gasteiger partial charge >= 0.3 is 5.97 Å². The first-order chi connectivity index (χ1) is 9.13. The van der Waals surface area contributed by atoms with Crippen LogP contribution in [0.25, 0.3) is 16.8 Å². The average molecular weight is 254 g/mol. The maximum absolute atomic E-state index is 10.8. The number of fused-ring (bicyclic) bond motifs is 1. The molecule has 0 aliphatic heterocycles. The van der Waals surface area contributed by atoms with Crippen LogP contribution in [0.15, 0.2) is 42.6 Å². The molecule has 0 aliphatic rings. The molecule has 0 atom stereocenters. The predicted molar refractivity (Wildman–Crippen MR) is 69.8 cm³/mol. The lowest BCUT2D eigenvalue weighted by Crippen LogP contribution is -1.95. The Morgan fingerprint density at radius 3 is 2.47 bits per heavy atom. The van der Waals surface area contributed by atoms with Crippen LogP contribution in [0.1, 0.15) is 10.4 Å². The topological polar surface area (TPSA) is 93.5 Å². The normalized spacial score (nSPS) is 10.7. The molecular formula is C13H10N4O2. The number of hydrogen-bond acceptors (Lipinski definition) is 4. The van der Waals surface area contributed by atoms with Crippen molar-refractivity contribution in [1.82, 2.24) is 14.6 Å². The van der Waals surface area contributed by atoms with Gasteiger partial charge in [-0.15, -0.1) is 5.10 Å². The summed E-state index contributed by atoms with van der Waals surface area (Å²) in [5.74, 6) is -0.718. The summed E-state index contributed by atoms with van der Waals surface area (Å²) in [6.07, 6.45) is 1.80. The van der Waals surface area contributed by atoms with E-state index < -0.39 is 5.97 Å². The monoisotopic (exact) mass is 254 g/mol. The Hall–Kier alpha value is -2.89. The minimum atomic E-state index is -0.939. The van der Waals surface area contributed by atoms with Crippen LogP contribution in [-0.2, 0) is 0 Å². The van der Waals surface area contributed by atoms with E-state index in [1.807, 2.05) is 12.1 Å². The largest absolute Gasteiger partial charge is 0.478 e. The number of aromatic carboxylic acids is 1. The summed E-state index contributed by atoms with van der Waals surface area (Å²) < 4.78 is 1.59. The summed E-state index contributed by atoms with van der Waals surface area (Å²) >= 11 is 0. The Morgan fingerprint density at radius 1 is 1.11 bits per heavy atom. The lowest BCUT2D eigenvalue weighted by Gasteiger charge is -2.02. The van der Waals surface area contributed by atoms with Crippen molar-refractivity contribution in [3.05, 3.63) is 48.2 Å². The Kier molecular flexibility index (Phi) is 2.42. The molecule has 0 spiro atoms. The third kappa shape index (κ3) is 1.99. The smallest absolute Gasteiger partial charge is 0.335 e. The van der Waals surface area contributed by atoms with Crippen LogP contribution in [0.4, 0.5) is 5.95 Å². The van der Waals surface area contributed by atoms with Gasteiger partial charge in [0.25, 0.3) is 0 Å². The lowest BCUT2D eigenvalue weighted by molar-refractivity contribution is 0.0697. The van der Waals surface area contributed by atoms with Gasteiger partial charge in [-0.05, 0) is 29.8 Å². The first-order valence-electron chi connectivity index (χ1n) is 5.59. The molecule has 0 aliphatic carbocycles. The van der Waals surface area contributed by atoms with Crippen LogP contribution in [0, 0.1) is 0 Å². The highest BCUT2D eigenvalue weighted by Crippen LogP contribution is 2.20. The number of hydrogen-bond donors (Lipinski definition) is 2. The molecule has 3 rings (SSSR count). The van der Waals surface area contributed by atoms with Crippen molar-refractivity contribution in [3.8, 4) is 11.1 Å². The van der Waals surface area contributed by atoms with Crippen molar-refractivity contribution in [1.29, 1.82) is 0 Å². The average Bonchev–Trinajstić information content (AvgIpc) is 2.77. The third-order valence-corrected chi connectivity index (χ3v) is 2.81. The number of anilines is 1. The Labute approximate surface area is 108 Å². The number of benzene rings is 1. The number of carboxylic acids is 1. The highest BCUT2D eigenvalue weighted by Gasteiger charge is 2.05. The molecule has 3 N–H and O–H groups in total. The Morgan fingerprint density at radius 2 is 1.79 bits per heavy atom. The number of pyridine rings is 1. The van der Waals surface area contributed by atoms with E-state index in [1.54, 1.807) is 35.0 Å². The number of nitrogens with two attached hydrogens (primary N) is 1. The molecule has 0 saturated carbocycles. The summed E-state index contributed by atoms with van der Waals surface area (Å²) in [7, 11) is 0. The predicted octanol–water partition coefficient (Wildman–Crippen LogP) is 1.68. The van der Waals surface area contributed by atoms with Crippen molar-refractivity contribution >= 4 is 17.6 Å². The first-order valence-corrected chi connectivity index (χ1v) is 5.59. The number of rotatable bonds is 2. The van der Waals surface area contributed by atoms with E-state index in [0.29, 0.717) is 5.65 Å². The second-order valence-electron chi connectivity index (χ2n) is 4.07. The van der Waals surface area contributed by atoms with Gasteiger partial charge < -0.3 is 10.8 Å². The molecule has 1 aromatic carbocycles. The quantitative estimate of drug-likeness (QED) is 0.725. The first kappa shape index (κ1) is 11.2. The van der Waals surface area contributed by atoms with Crippen LogP contribution in [0.5, 0.6) is 0 Å². The van der Waals surface area contributed by atoms with Crippen molar-refractivity contribution in [2.45, 2.75) is 0 Å². The van der Waals surface area contributed by atoms with Gasteiger partial charge in [0.1, 0.15) is 0 Å². The molecule has 6 heteroatoms. The van der Waals surface area contributed by atoms with E-state index in [1.165, 1.54) is 0 Å². The molecule has 2 heterocycles. The number of carbonyl (C=O) groups is 1. The van der Waals surface area contributed by atoms with Crippen LogP contribution in [-0.4, -0.2) is 25.7 Å². The third-order valence-electron chi connectivity index (χ3n) is 2.81. The highest BCUT2D eigenvalue weighted by molar-refractivity contribution is 5.88. The minimum Gasteiger partial charge on any atom is -0.478 e. The number of nitrogen functional groups attached to an aromatic ring is 1. The van der Waals surface area contributed by atoms with Gasteiger partial charge in [-0.3, -0.25) is 0 Å². The maximum Gasteiger partial charge on any atom is 0.335 e. The van der Waals surface area contributed by atoms with Crippen molar-refractivity contribution in [2.24, 2.45) is 0 Å². The molecular weight excluding hydrogens is 244 g/mol. The summed E-state index contributed by atoms with van der Waals surface area (Å²) in [4.78, 5) is 14.8. The van der Waals surface area contributed by atoms with Gasteiger partial charge in [-0.1, -0.05) is 12.1 Å². The molecule has 3 aromatic rings. The molecule has 19 heavy (non-hydrogen) atoms. The SMILES string of the molecule is Nc1nc2ccc(-c3ccc(C(=O)O)cc3)cn2n1. The highest BCUT2D eigenvalue weighted by atomic mass is 16.4. The Balaban J connectivity index is 2.05. The number of carboxylic acid groups (broad SMARTS) is 1. The van der Waals surface area contributed by atoms with E-state index in [9.17, 15) is 4.79 Å². The zero-order chi connectivity index (χ0) is 13.4. The van der Waals surface area contributed by atoms with E-state index in [0.717, 1.165) is 11.1 Å². The zero-order valence-corrected chi connectivity index (χ0v) is 9.82.